The van der Waals surface area contributed by atoms with E-state index in [9.17, 15) is 9.18 Å². The van der Waals surface area contributed by atoms with Crippen molar-refractivity contribution in [2.24, 2.45) is 0 Å². The molecule has 4 heteroatoms. The van der Waals surface area contributed by atoms with Crippen LogP contribution in [0.3, 0.4) is 0 Å². The topological polar surface area (TPSA) is 38.3 Å². The zero-order valence-corrected chi connectivity index (χ0v) is 12.1. The van der Waals surface area contributed by atoms with Crippen molar-refractivity contribution in [1.29, 1.82) is 0 Å². The van der Waals surface area contributed by atoms with E-state index < -0.39 is 5.92 Å². The Bertz CT molecular complexity index is 613. The number of benzene rings is 2. The minimum atomic E-state index is -0.430. The highest BCUT2D eigenvalue weighted by molar-refractivity contribution is 5.78. The molecule has 2 aromatic rings. The van der Waals surface area contributed by atoms with Gasteiger partial charge < -0.3 is 10.1 Å². The van der Waals surface area contributed by atoms with Crippen LogP contribution in [0.15, 0.2) is 48.5 Å². The summed E-state index contributed by atoms with van der Waals surface area (Å²) < 4.78 is 18.4. The fourth-order valence-corrected chi connectivity index (χ4v) is 2.09. The summed E-state index contributed by atoms with van der Waals surface area (Å²) >= 11 is 0. The Morgan fingerprint density at radius 3 is 2.57 bits per heavy atom. The first-order valence-corrected chi connectivity index (χ1v) is 6.74. The van der Waals surface area contributed by atoms with E-state index >= 15 is 0 Å². The van der Waals surface area contributed by atoms with Crippen molar-refractivity contribution in [3.63, 3.8) is 0 Å². The van der Waals surface area contributed by atoms with Gasteiger partial charge >= 0.3 is 5.97 Å². The molecular weight excluding hydrogens is 269 g/mol. The maximum atomic E-state index is 13.5. The van der Waals surface area contributed by atoms with Crippen molar-refractivity contribution >= 4 is 11.7 Å². The number of nitrogens with one attached hydrogen (secondary N) is 1. The van der Waals surface area contributed by atoms with Gasteiger partial charge in [-0.15, -0.1) is 0 Å². The first-order valence-electron chi connectivity index (χ1n) is 6.74. The van der Waals surface area contributed by atoms with E-state index in [1.165, 1.54) is 13.2 Å². The Hall–Kier alpha value is -2.36. The molecule has 21 heavy (non-hydrogen) atoms. The number of anilines is 1. The minimum absolute atomic E-state index is 0.269. The van der Waals surface area contributed by atoms with Gasteiger partial charge in [0.25, 0.3) is 0 Å². The number of esters is 1. The molecule has 2 aromatic carbocycles. The minimum Gasteiger partial charge on any atom is -0.468 e. The highest BCUT2D eigenvalue weighted by Crippen LogP contribution is 2.19. The summed E-state index contributed by atoms with van der Waals surface area (Å²) in [6.07, 6.45) is 0. The second kappa shape index (κ2) is 6.88. The maximum absolute atomic E-state index is 13.5. The second-order valence-corrected chi connectivity index (χ2v) is 4.83. The molecule has 0 bridgehead atoms. The van der Waals surface area contributed by atoms with E-state index in [0.717, 1.165) is 5.56 Å². The molecule has 1 atom stereocenters. The quantitative estimate of drug-likeness (QED) is 0.855. The predicted octanol–water partition coefficient (Wildman–Crippen LogP) is 3.50. The Morgan fingerprint density at radius 2 is 1.95 bits per heavy atom. The molecule has 0 heterocycles. The van der Waals surface area contributed by atoms with Gasteiger partial charge in [0.15, 0.2) is 0 Å². The number of hydrogen-bond donors (Lipinski definition) is 1. The molecule has 0 aliphatic rings. The zero-order chi connectivity index (χ0) is 15.2. The number of hydrogen-bond acceptors (Lipinski definition) is 3. The van der Waals surface area contributed by atoms with E-state index in [2.05, 4.69) is 5.32 Å². The van der Waals surface area contributed by atoms with Crippen molar-refractivity contribution < 1.29 is 13.9 Å². The summed E-state index contributed by atoms with van der Waals surface area (Å²) in [6, 6.07) is 14.3. The Labute approximate surface area is 123 Å². The Balaban J connectivity index is 2.12. The monoisotopic (exact) mass is 287 g/mol. The molecule has 110 valence electrons. The number of aryl methyl sites for hydroxylation is 1. The number of ether oxygens (including phenoxy) is 1. The van der Waals surface area contributed by atoms with E-state index in [1.54, 1.807) is 19.1 Å². The van der Waals surface area contributed by atoms with E-state index in [4.69, 9.17) is 4.74 Å². The number of carbonyl (C=O) groups is 1. The summed E-state index contributed by atoms with van der Waals surface area (Å²) in [5.41, 5.74) is 2.10. The lowest BCUT2D eigenvalue weighted by atomic mass is 9.99. The number of carbonyl (C=O) groups excluding carboxylic acids is 1. The van der Waals surface area contributed by atoms with Gasteiger partial charge in [-0.3, -0.25) is 4.79 Å². The molecule has 0 aliphatic carbocycles. The molecule has 3 nitrogen and oxygen atoms in total. The first-order chi connectivity index (χ1) is 10.1. The smallest absolute Gasteiger partial charge is 0.314 e. The standard InChI is InChI=1S/C17H18FNO2/c1-12-8-9-14(10-16(12)18)19-11-15(17(20)21-2)13-6-4-3-5-7-13/h3-10,15,19H,11H2,1-2H3. The molecule has 0 radical (unpaired) electrons. The molecule has 0 spiro atoms. The van der Waals surface area contributed by atoms with Crippen molar-refractivity contribution in [2.45, 2.75) is 12.8 Å². The van der Waals surface area contributed by atoms with Gasteiger partial charge in [0.2, 0.25) is 0 Å². The van der Waals surface area contributed by atoms with Crippen LogP contribution in [0.2, 0.25) is 0 Å². The van der Waals surface area contributed by atoms with E-state index in [0.29, 0.717) is 17.8 Å². The highest BCUT2D eigenvalue weighted by Gasteiger charge is 2.21. The fraction of sp³-hybridized carbons (Fsp3) is 0.235. The van der Waals surface area contributed by atoms with E-state index in [-0.39, 0.29) is 11.8 Å². The van der Waals surface area contributed by atoms with Gasteiger partial charge in [0.1, 0.15) is 5.82 Å². The SMILES string of the molecule is COC(=O)C(CNc1ccc(C)c(F)c1)c1ccccc1. The molecular formula is C17H18FNO2. The Kier molecular flexibility index (Phi) is 4.93. The van der Waals surface area contributed by atoms with Crippen LogP contribution in [0, 0.1) is 12.7 Å². The third-order valence-electron chi connectivity index (χ3n) is 3.37. The summed E-state index contributed by atoms with van der Waals surface area (Å²) in [7, 11) is 1.36. The van der Waals surface area contributed by atoms with Crippen LogP contribution in [0.25, 0.3) is 0 Å². The largest absolute Gasteiger partial charge is 0.468 e. The first kappa shape index (κ1) is 15.0. The molecule has 2 rings (SSSR count). The predicted molar refractivity (Wildman–Crippen MR) is 80.8 cm³/mol. The fourth-order valence-electron chi connectivity index (χ4n) is 2.09. The molecule has 0 saturated carbocycles. The van der Waals surface area contributed by atoms with Crippen molar-refractivity contribution in [2.75, 3.05) is 19.0 Å². The van der Waals surface area contributed by atoms with Gasteiger partial charge in [-0.1, -0.05) is 36.4 Å². The molecule has 1 unspecified atom stereocenters. The third-order valence-corrected chi connectivity index (χ3v) is 3.37. The summed E-state index contributed by atoms with van der Waals surface area (Å²) in [5, 5.41) is 3.09. The third kappa shape index (κ3) is 3.81. The van der Waals surface area contributed by atoms with Crippen LogP contribution in [-0.2, 0) is 9.53 Å². The van der Waals surface area contributed by atoms with Crippen LogP contribution >= 0.6 is 0 Å². The molecule has 0 amide bonds. The van der Waals surface area contributed by atoms with Gasteiger partial charge in [-0.25, -0.2) is 4.39 Å². The zero-order valence-electron chi connectivity index (χ0n) is 12.1. The summed E-state index contributed by atoms with van der Waals surface area (Å²) in [5.74, 6) is -1.02. The molecule has 0 saturated heterocycles. The van der Waals surface area contributed by atoms with Crippen LogP contribution in [0.4, 0.5) is 10.1 Å². The normalized spacial score (nSPS) is 11.8. The van der Waals surface area contributed by atoms with Crippen LogP contribution in [0.1, 0.15) is 17.0 Å². The lowest BCUT2D eigenvalue weighted by Gasteiger charge is -2.16. The van der Waals surface area contributed by atoms with Crippen LogP contribution in [-0.4, -0.2) is 19.6 Å². The highest BCUT2D eigenvalue weighted by atomic mass is 19.1. The average Bonchev–Trinajstić information content (AvgIpc) is 2.51. The molecule has 1 N–H and O–H groups in total. The van der Waals surface area contributed by atoms with E-state index in [1.807, 2.05) is 30.3 Å². The van der Waals surface area contributed by atoms with Crippen molar-refractivity contribution in [3.8, 4) is 0 Å². The molecule has 0 aliphatic heterocycles. The number of rotatable bonds is 5. The van der Waals surface area contributed by atoms with Gasteiger partial charge in [0.05, 0.1) is 13.0 Å². The lowest BCUT2D eigenvalue weighted by Crippen LogP contribution is -2.22. The van der Waals surface area contributed by atoms with Crippen molar-refractivity contribution in [1.82, 2.24) is 0 Å². The molecule has 0 aromatic heterocycles. The second-order valence-electron chi connectivity index (χ2n) is 4.83. The molecule has 0 fully saturated rings. The maximum Gasteiger partial charge on any atom is 0.314 e. The lowest BCUT2D eigenvalue weighted by molar-refractivity contribution is -0.142. The van der Waals surface area contributed by atoms with Crippen LogP contribution < -0.4 is 5.32 Å². The van der Waals surface area contributed by atoms with Gasteiger partial charge in [-0.2, -0.15) is 0 Å². The Morgan fingerprint density at radius 1 is 1.24 bits per heavy atom. The number of methoxy groups -OCH3 is 1. The summed E-state index contributed by atoms with van der Waals surface area (Å²) in [4.78, 5) is 11.9. The summed E-state index contributed by atoms with van der Waals surface area (Å²) in [6.45, 7) is 2.06. The van der Waals surface area contributed by atoms with Crippen LogP contribution in [0.5, 0.6) is 0 Å². The number of halogens is 1. The van der Waals surface area contributed by atoms with Crippen molar-refractivity contribution in [3.05, 3.63) is 65.5 Å². The average molecular weight is 287 g/mol. The van der Waals surface area contributed by atoms with Gasteiger partial charge in [0, 0.05) is 12.2 Å². The van der Waals surface area contributed by atoms with Gasteiger partial charge in [-0.05, 0) is 30.2 Å².